The lowest BCUT2D eigenvalue weighted by Crippen LogP contribution is -2.19. The van der Waals surface area contributed by atoms with Gasteiger partial charge in [0, 0.05) is 11.3 Å². The van der Waals surface area contributed by atoms with E-state index < -0.39 is 30.6 Å². The molecule has 33 heavy (non-hydrogen) atoms. The van der Waals surface area contributed by atoms with Crippen molar-refractivity contribution in [2.75, 3.05) is 11.9 Å². The number of aryl methyl sites for hydroxylation is 1. The predicted octanol–water partition coefficient (Wildman–Crippen LogP) is 6.32. The Balaban J connectivity index is 1.78. The van der Waals surface area contributed by atoms with Crippen LogP contribution < -0.4 is 10.1 Å². The fourth-order valence-corrected chi connectivity index (χ4v) is 2.96. The van der Waals surface area contributed by atoms with Crippen molar-refractivity contribution >= 4 is 23.2 Å². The molecule has 1 aromatic carbocycles. The van der Waals surface area contributed by atoms with Crippen LogP contribution in [0.4, 0.5) is 32.0 Å². The molecule has 0 atom stereocenters. The number of pyridine rings is 2. The van der Waals surface area contributed by atoms with Crippen LogP contribution in [-0.4, -0.2) is 28.7 Å². The van der Waals surface area contributed by atoms with Gasteiger partial charge in [-0.3, -0.25) is 9.78 Å². The van der Waals surface area contributed by atoms with E-state index in [0.29, 0.717) is 17.3 Å². The summed E-state index contributed by atoms with van der Waals surface area (Å²) in [4.78, 5) is 20.0. The Morgan fingerprint density at radius 2 is 1.79 bits per heavy atom. The van der Waals surface area contributed by atoms with E-state index >= 15 is 0 Å². The van der Waals surface area contributed by atoms with Crippen LogP contribution in [-0.2, 0) is 6.18 Å². The first-order valence-electron chi connectivity index (χ1n) is 9.15. The quantitative estimate of drug-likeness (QED) is 0.426. The van der Waals surface area contributed by atoms with Crippen LogP contribution in [0.15, 0.2) is 48.7 Å². The molecule has 2 heterocycles. The largest absolute Gasteiger partial charge is 0.483 e. The van der Waals surface area contributed by atoms with Gasteiger partial charge >= 0.3 is 12.4 Å². The summed E-state index contributed by atoms with van der Waals surface area (Å²) in [6.07, 6.45) is -8.03. The zero-order chi connectivity index (χ0) is 24.4. The molecule has 0 spiro atoms. The molecule has 2 aromatic heterocycles. The van der Waals surface area contributed by atoms with E-state index in [1.165, 1.54) is 37.3 Å². The lowest BCUT2D eigenvalue weighted by Gasteiger charge is -2.12. The number of alkyl halides is 6. The van der Waals surface area contributed by atoms with Gasteiger partial charge in [0.05, 0.1) is 28.2 Å². The van der Waals surface area contributed by atoms with Gasteiger partial charge in [0.15, 0.2) is 6.61 Å². The molecule has 0 aliphatic carbocycles. The van der Waals surface area contributed by atoms with Crippen molar-refractivity contribution in [1.82, 2.24) is 9.97 Å². The van der Waals surface area contributed by atoms with Gasteiger partial charge in [0.1, 0.15) is 11.4 Å². The number of amides is 1. The topological polar surface area (TPSA) is 64.1 Å². The van der Waals surface area contributed by atoms with Gasteiger partial charge in [-0.1, -0.05) is 11.6 Å². The van der Waals surface area contributed by atoms with Crippen molar-refractivity contribution in [1.29, 1.82) is 0 Å². The van der Waals surface area contributed by atoms with Gasteiger partial charge < -0.3 is 10.1 Å². The molecule has 1 amide bonds. The lowest BCUT2D eigenvalue weighted by molar-refractivity contribution is -0.153. The summed E-state index contributed by atoms with van der Waals surface area (Å²) in [7, 11) is 0. The molecule has 0 aliphatic rings. The van der Waals surface area contributed by atoms with E-state index in [-0.39, 0.29) is 27.7 Å². The van der Waals surface area contributed by atoms with Gasteiger partial charge in [-0.05, 0) is 49.4 Å². The Bertz CT molecular complexity index is 1160. The SMILES string of the molecule is Cc1nc(C(F)(F)F)ccc1C(=O)Nc1ccc(Cl)c(-c2ccc(OCC(F)(F)F)cn2)c1. The van der Waals surface area contributed by atoms with Gasteiger partial charge in [-0.15, -0.1) is 0 Å². The van der Waals surface area contributed by atoms with Crippen molar-refractivity contribution in [3.63, 3.8) is 0 Å². The number of nitrogens with one attached hydrogen (secondary N) is 1. The number of nitrogens with zero attached hydrogens (tertiary/aromatic N) is 2. The average Bonchev–Trinajstić information content (AvgIpc) is 2.72. The fourth-order valence-electron chi connectivity index (χ4n) is 2.75. The average molecular weight is 490 g/mol. The van der Waals surface area contributed by atoms with Crippen molar-refractivity contribution in [3.05, 3.63) is 70.6 Å². The Morgan fingerprint density at radius 3 is 2.36 bits per heavy atom. The van der Waals surface area contributed by atoms with E-state index in [1.807, 2.05) is 0 Å². The molecule has 5 nitrogen and oxygen atoms in total. The third-order valence-electron chi connectivity index (χ3n) is 4.26. The van der Waals surface area contributed by atoms with Crippen molar-refractivity contribution in [2.24, 2.45) is 0 Å². The number of aromatic nitrogens is 2. The van der Waals surface area contributed by atoms with E-state index in [0.717, 1.165) is 12.3 Å². The number of carbonyl (C=O) groups excluding carboxylic acids is 1. The number of benzene rings is 1. The molecule has 0 fully saturated rings. The van der Waals surface area contributed by atoms with Crippen LogP contribution in [0.2, 0.25) is 5.02 Å². The fraction of sp³-hybridized carbons (Fsp3) is 0.190. The molecule has 174 valence electrons. The number of carbonyl (C=O) groups is 1. The number of hydrogen-bond donors (Lipinski definition) is 1. The minimum Gasteiger partial charge on any atom is -0.483 e. The van der Waals surface area contributed by atoms with Crippen LogP contribution in [0.3, 0.4) is 0 Å². The molecule has 0 aliphatic heterocycles. The summed E-state index contributed by atoms with van der Waals surface area (Å²) in [6, 6.07) is 8.80. The van der Waals surface area contributed by atoms with Crippen LogP contribution >= 0.6 is 11.6 Å². The minimum absolute atomic E-state index is 0.0520. The maximum Gasteiger partial charge on any atom is 0.433 e. The first kappa shape index (κ1) is 24.3. The summed E-state index contributed by atoms with van der Waals surface area (Å²) < 4.78 is 79.7. The molecule has 0 saturated carbocycles. The Kier molecular flexibility index (Phi) is 6.82. The molecular formula is C21H14ClF6N3O2. The molecule has 1 N–H and O–H groups in total. The van der Waals surface area contributed by atoms with Crippen molar-refractivity contribution < 1.29 is 35.9 Å². The maximum atomic E-state index is 12.8. The molecule has 0 radical (unpaired) electrons. The van der Waals surface area contributed by atoms with E-state index in [2.05, 4.69) is 20.0 Å². The summed E-state index contributed by atoms with van der Waals surface area (Å²) in [5.41, 5.74) is -0.352. The van der Waals surface area contributed by atoms with Crippen LogP contribution in [0.1, 0.15) is 21.7 Å². The van der Waals surface area contributed by atoms with Gasteiger partial charge in [0.2, 0.25) is 0 Å². The number of halogens is 7. The third-order valence-corrected chi connectivity index (χ3v) is 4.59. The van der Waals surface area contributed by atoms with Crippen molar-refractivity contribution in [2.45, 2.75) is 19.3 Å². The second kappa shape index (κ2) is 9.26. The molecule has 0 saturated heterocycles. The third kappa shape index (κ3) is 6.35. The maximum absolute atomic E-state index is 12.8. The second-order valence-electron chi connectivity index (χ2n) is 6.76. The summed E-state index contributed by atoms with van der Waals surface area (Å²) >= 11 is 6.18. The lowest BCUT2D eigenvalue weighted by atomic mass is 10.1. The second-order valence-corrected chi connectivity index (χ2v) is 7.17. The molecule has 3 rings (SSSR count). The minimum atomic E-state index is -4.63. The predicted molar refractivity (Wildman–Crippen MR) is 108 cm³/mol. The highest BCUT2D eigenvalue weighted by atomic mass is 35.5. The molecule has 0 bridgehead atoms. The van der Waals surface area contributed by atoms with Gasteiger partial charge in [-0.2, -0.15) is 26.3 Å². The van der Waals surface area contributed by atoms with E-state index in [4.69, 9.17) is 11.6 Å². The Labute approximate surface area is 188 Å². The van der Waals surface area contributed by atoms with E-state index in [9.17, 15) is 31.1 Å². The van der Waals surface area contributed by atoms with Crippen LogP contribution in [0.25, 0.3) is 11.3 Å². The highest BCUT2D eigenvalue weighted by Gasteiger charge is 2.33. The van der Waals surface area contributed by atoms with Crippen LogP contribution in [0.5, 0.6) is 5.75 Å². The first-order chi connectivity index (χ1) is 15.3. The normalized spacial score (nSPS) is 11.9. The zero-order valence-corrected chi connectivity index (χ0v) is 17.4. The highest BCUT2D eigenvalue weighted by Crippen LogP contribution is 2.31. The molecular weight excluding hydrogens is 476 g/mol. The number of rotatable bonds is 5. The number of hydrogen-bond acceptors (Lipinski definition) is 4. The summed E-state index contributed by atoms with van der Waals surface area (Å²) in [6.45, 7) is -0.182. The van der Waals surface area contributed by atoms with Crippen LogP contribution in [0, 0.1) is 6.92 Å². The molecule has 0 unspecified atom stereocenters. The van der Waals surface area contributed by atoms with Gasteiger partial charge in [0.25, 0.3) is 5.91 Å². The highest BCUT2D eigenvalue weighted by molar-refractivity contribution is 6.33. The number of anilines is 1. The Morgan fingerprint density at radius 1 is 1.06 bits per heavy atom. The summed E-state index contributed by atoms with van der Waals surface area (Å²) in [5, 5.41) is 2.79. The number of ether oxygens (including phenoxy) is 1. The zero-order valence-electron chi connectivity index (χ0n) is 16.7. The summed E-state index contributed by atoms with van der Waals surface area (Å²) in [5.74, 6) is -0.784. The smallest absolute Gasteiger partial charge is 0.433 e. The van der Waals surface area contributed by atoms with Gasteiger partial charge in [-0.25, -0.2) is 4.98 Å². The standard InChI is InChI=1S/C21H14ClF6N3O2/c1-11-14(4-7-18(30-11)21(26,27)28)19(32)31-12-2-5-16(22)15(8-12)17-6-3-13(9-29-17)33-10-20(23,24)25/h2-9H,10H2,1H3,(H,31,32). The van der Waals surface area contributed by atoms with E-state index in [1.54, 1.807) is 0 Å². The molecule has 12 heteroatoms. The first-order valence-corrected chi connectivity index (χ1v) is 9.53. The molecule has 3 aromatic rings. The Hall–Kier alpha value is -3.34. The van der Waals surface area contributed by atoms with Crippen molar-refractivity contribution in [3.8, 4) is 17.0 Å². The monoisotopic (exact) mass is 489 g/mol.